The number of aromatic nitrogens is 3. The third-order valence-electron chi connectivity index (χ3n) is 4.01. The molecule has 0 aliphatic carbocycles. The van der Waals surface area contributed by atoms with E-state index in [1.807, 2.05) is 52.0 Å². The number of hydrogen-bond acceptors (Lipinski definition) is 6. The van der Waals surface area contributed by atoms with Gasteiger partial charge in [0.2, 0.25) is 17.6 Å². The van der Waals surface area contributed by atoms with Crippen LogP contribution in [-0.4, -0.2) is 21.2 Å². The predicted octanol–water partition coefficient (Wildman–Crippen LogP) is 3.82. The molecule has 7 nitrogen and oxygen atoms in total. The molecule has 3 aromatic rings. The van der Waals surface area contributed by atoms with Gasteiger partial charge in [0, 0.05) is 22.2 Å². The number of hydrogen-bond donors (Lipinski definition) is 1. The molecule has 0 aliphatic heterocycles. The third-order valence-corrected chi connectivity index (χ3v) is 4.01. The maximum Gasteiger partial charge on any atom is 0.232 e. The molecule has 0 fully saturated rings. The Morgan fingerprint density at radius 1 is 1.08 bits per heavy atom. The number of carbonyl (C=O) groups excluding carboxylic acids is 1. The summed E-state index contributed by atoms with van der Waals surface area (Å²) in [6.07, 6.45) is 0.225. The van der Waals surface area contributed by atoms with Crippen molar-refractivity contribution in [1.29, 1.82) is 0 Å². The van der Waals surface area contributed by atoms with Crippen LogP contribution in [0, 0.1) is 13.8 Å². The fraction of sp³-hybridized carbons (Fsp3) is 0.368. The Hall–Kier alpha value is -2.96. The number of carbonyl (C=O) groups is 1. The van der Waals surface area contributed by atoms with Crippen LogP contribution in [0.15, 0.2) is 33.3 Å². The summed E-state index contributed by atoms with van der Waals surface area (Å²) in [5, 5.41) is 10.8. The lowest BCUT2D eigenvalue weighted by Crippen LogP contribution is -2.15. The van der Waals surface area contributed by atoms with E-state index in [1.54, 1.807) is 6.92 Å². The fourth-order valence-electron chi connectivity index (χ4n) is 2.47. The van der Waals surface area contributed by atoms with Crippen molar-refractivity contribution in [3.05, 3.63) is 47.2 Å². The van der Waals surface area contributed by atoms with Crippen molar-refractivity contribution >= 4 is 11.6 Å². The molecule has 136 valence electrons. The van der Waals surface area contributed by atoms with Crippen LogP contribution in [0.25, 0.3) is 11.4 Å². The first-order valence-electron chi connectivity index (χ1n) is 8.40. The predicted molar refractivity (Wildman–Crippen MR) is 96.7 cm³/mol. The summed E-state index contributed by atoms with van der Waals surface area (Å²) in [7, 11) is 0. The van der Waals surface area contributed by atoms with Gasteiger partial charge >= 0.3 is 0 Å². The molecule has 0 spiro atoms. The number of nitrogens with zero attached hydrogens (tertiary/aromatic N) is 3. The van der Waals surface area contributed by atoms with Crippen molar-refractivity contribution in [2.75, 3.05) is 5.32 Å². The molecule has 3 rings (SSSR count). The highest BCUT2D eigenvalue weighted by atomic mass is 16.5. The Bertz CT molecular complexity index is 898. The Balaban J connectivity index is 1.68. The van der Waals surface area contributed by atoms with Crippen molar-refractivity contribution < 1.29 is 13.8 Å². The fourth-order valence-corrected chi connectivity index (χ4v) is 2.47. The van der Waals surface area contributed by atoms with E-state index in [0.29, 0.717) is 23.2 Å². The average molecular weight is 354 g/mol. The van der Waals surface area contributed by atoms with Crippen LogP contribution in [0.1, 0.15) is 43.7 Å². The van der Waals surface area contributed by atoms with Gasteiger partial charge in [-0.3, -0.25) is 4.79 Å². The highest BCUT2D eigenvalue weighted by Crippen LogP contribution is 2.24. The summed E-state index contributed by atoms with van der Waals surface area (Å²) in [5.74, 6) is 1.66. The van der Waals surface area contributed by atoms with E-state index in [0.717, 1.165) is 16.8 Å². The van der Waals surface area contributed by atoms with Gasteiger partial charge in [-0.15, -0.1) is 0 Å². The van der Waals surface area contributed by atoms with Gasteiger partial charge in [-0.1, -0.05) is 31.1 Å². The summed E-state index contributed by atoms with van der Waals surface area (Å²) in [6.45, 7) is 9.67. The molecule has 0 unspecified atom stereocenters. The van der Waals surface area contributed by atoms with E-state index in [-0.39, 0.29) is 17.7 Å². The van der Waals surface area contributed by atoms with Crippen LogP contribution in [0.4, 0.5) is 5.69 Å². The molecular weight excluding hydrogens is 332 g/mol. The zero-order valence-corrected chi connectivity index (χ0v) is 15.6. The zero-order chi connectivity index (χ0) is 18.9. The Morgan fingerprint density at radius 2 is 1.77 bits per heavy atom. The minimum atomic E-state index is -0.197. The second kappa shape index (κ2) is 6.74. The molecule has 0 saturated heterocycles. The molecule has 7 heteroatoms. The molecule has 0 bridgehead atoms. The van der Waals surface area contributed by atoms with Crippen LogP contribution >= 0.6 is 0 Å². The smallest absolute Gasteiger partial charge is 0.232 e. The normalized spacial score (nSPS) is 11.6. The van der Waals surface area contributed by atoms with E-state index in [2.05, 4.69) is 20.6 Å². The maximum absolute atomic E-state index is 12.2. The molecule has 0 radical (unpaired) electrons. The van der Waals surface area contributed by atoms with Crippen LogP contribution in [-0.2, 0) is 16.6 Å². The lowest BCUT2D eigenvalue weighted by atomic mass is 9.97. The Morgan fingerprint density at radius 3 is 2.31 bits per heavy atom. The van der Waals surface area contributed by atoms with Gasteiger partial charge in [0.25, 0.3) is 0 Å². The van der Waals surface area contributed by atoms with Gasteiger partial charge in [0.15, 0.2) is 0 Å². The van der Waals surface area contributed by atoms with Crippen LogP contribution in [0.2, 0.25) is 0 Å². The molecule has 2 heterocycles. The van der Waals surface area contributed by atoms with Crippen LogP contribution in [0.5, 0.6) is 0 Å². The number of rotatable bonds is 4. The van der Waals surface area contributed by atoms with Crippen molar-refractivity contribution in [3.8, 4) is 11.4 Å². The first-order chi connectivity index (χ1) is 12.2. The quantitative estimate of drug-likeness (QED) is 0.765. The monoisotopic (exact) mass is 354 g/mol. The van der Waals surface area contributed by atoms with E-state index >= 15 is 0 Å². The summed E-state index contributed by atoms with van der Waals surface area (Å²) in [4.78, 5) is 16.7. The molecule has 0 aliphatic rings. The van der Waals surface area contributed by atoms with Crippen LogP contribution in [0.3, 0.4) is 0 Å². The van der Waals surface area contributed by atoms with Gasteiger partial charge in [0.05, 0.1) is 12.1 Å². The van der Waals surface area contributed by atoms with E-state index in [4.69, 9.17) is 9.05 Å². The number of amides is 1. The van der Waals surface area contributed by atoms with Gasteiger partial charge < -0.3 is 14.4 Å². The molecular formula is C19H22N4O3. The third kappa shape index (κ3) is 3.82. The molecule has 1 amide bonds. The lowest BCUT2D eigenvalue weighted by molar-refractivity contribution is -0.115. The Kier molecular flexibility index (Phi) is 4.63. The minimum absolute atomic E-state index is 0.123. The molecule has 26 heavy (non-hydrogen) atoms. The molecule has 2 aromatic heterocycles. The molecule has 0 saturated carbocycles. The van der Waals surface area contributed by atoms with Crippen molar-refractivity contribution in [2.45, 2.75) is 46.5 Å². The second-order valence-corrected chi connectivity index (χ2v) is 7.28. The number of aryl methyl sites for hydroxylation is 2. The maximum atomic E-state index is 12.2. The molecule has 1 aromatic carbocycles. The summed E-state index contributed by atoms with van der Waals surface area (Å²) in [5.41, 5.74) is 2.88. The average Bonchev–Trinajstić information content (AvgIpc) is 3.18. The van der Waals surface area contributed by atoms with E-state index in [9.17, 15) is 4.79 Å². The highest BCUT2D eigenvalue weighted by molar-refractivity contribution is 5.92. The Labute approximate surface area is 151 Å². The van der Waals surface area contributed by atoms with Crippen molar-refractivity contribution in [3.63, 3.8) is 0 Å². The van der Waals surface area contributed by atoms with E-state index < -0.39 is 0 Å². The van der Waals surface area contributed by atoms with Gasteiger partial charge in [-0.2, -0.15) is 4.98 Å². The highest BCUT2D eigenvalue weighted by Gasteiger charge is 2.22. The standard InChI is InChI=1S/C19H22N4O3/c1-11-15(12(2)25-22-11)10-16(24)20-14-8-6-13(7-9-14)17-21-18(26-23-17)19(3,4)5/h6-9H,10H2,1-5H3,(H,20,24). The zero-order valence-electron chi connectivity index (χ0n) is 15.6. The number of anilines is 1. The molecule has 0 atom stereocenters. The van der Waals surface area contributed by atoms with E-state index in [1.165, 1.54) is 0 Å². The largest absolute Gasteiger partial charge is 0.361 e. The minimum Gasteiger partial charge on any atom is -0.361 e. The molecule has 1 N–H and O–H groups in total. The van der Waals surface area contributed by atoms with Crippen molar-refractivity contribution in [1.82, 2.24) is 15.3 Å². The van der Waals surface area contributed by atoms with Crippen molar-refractivity contribution in [2.24, 2.45) is 0 Å². The summed E-state index contributed by atoms with van der Waals surface area (Å²) in [6, 6.07) is 7.33. The lowest BCUT2D eigenvalue weighted by Gasteiger charge is -2.10. The summed E-state index contributed by atoms with van der Waals surface area (Å²) < 4.78 is 10.4. The first kappa shape index (κ1) is 17.8. The summed E-state index contributed by atoms with van der Waals surface area (Å²) >= 11 is 0. The van der Waals surface area contributed by atoms with Gasteiger partial charge in [-0.25, -0.2) is 0 Å². The van der Waals surface area contributed by atoms with Gasteiger partial charge in [-0.05, 0) is 38.1 Å². The van der Waals surface area contributed by atoms with Crippen LogP contribution < -0.4 is 5.32 Å². The first-order valence-corrected chi connectivity index (χ1v) is 8.40. The van der Waals surface area contributed by atoms with Gasteiger partial charge in [0.1, 0.15) is 5.76 Å². The topological polar surface area (TPSA) is 94.1 Å². The second-order valence-electron chi connectivity index (χ2n) is 7.28. The number of nitrogens with one attached hydrogen (secondary N) is 1. The SMILES string of the molecule is Cc1noc(C)c1CC(=O)Nc1ccc(-c2noc(C(C)(C)C)n2)cc1. The number of benzene rings is 1.